The molecule has 132 valence electrons. The van der Waals surface area contributed by atoms with Crippen LogP contribution < -0.4 is 4.74 Å². The van der Waals surface area contributed by atoms with E-state index in [1.807, 2.05) is 6.08 Å². The van der Waals surface area contributed by atoms with Crippen LogP contribution in [0.2, 0.25) is 0 Å². The molecule has 1 heterocycles. The summed E-state index contributed by atoms with van der Waals surface area (Å²) in [6.07, 6.45) is 0.724. The van der Waals surface area contributed by atoms with Gasteiger partial charge in [0.25, 0.3) is 0 Å². The predicted octanol–water partition coefficient (Wildman–Crippen LogP) is 3.70. The molecule has 0 unspecified atom stereocenters. The second-order valence-corrected chi connectivity index (χ2v) is 8.48. The molecule has 1 aliphatic heterocycles. The average Bonchev–Trinajstić information content (AvgIpc) is 2.42. The van der Waals surface area contributed by atoms with Crippen LogP contribution in [0, 0.1) is 10.1 Å². The number of rotatable bonds is 3. The summed E-state index contributed by atoms with van der Waals surface area (Å²) in [5.74, 6) is 0.813. The molecule has 0 bridgehead atoms. The Morgan fingerprint density at radius 1 is 1.21 bits per heavy atom. The highest BCUT2D eigenvalue weighted by atomic mass is 16.6. The molecule has 1 aromatic carbocycles. The van der Waals surface area contributed by atoms with Gasteiger partial charge in [-0.15, -0.1) is 0 Å². The summed E-state index contributed by atoms with van der Waals surface area (Å²) in [5, 5.41) is 20.7. The molecule has 0 aliphatic carbocycles. The number of aliphatic hydroxyl groups excluding tert-OH is 1. The zero-order chi connectivity index (χ0) is 18.3. The summed E-state index contributed by atoms with van der Waals surface area (Å²) >= 11 is 0. The van der Waals surface area contributed by atoms with Crippen molar-refractivity contribution in [2.75, 3.05) is 13.2 Å². The molecule has 1 N–H and O–H groups in total. The zero-order valence-corrected chi connectivity index (χ0v) is 15.3. The molecule has 24 heavy (non-hydrogen) atoms. The van der Waals surface area contributed by atoms with Crippen LogP contribution in [-0.2, 0) is 10.8 Å². The first-order chi connectivity index (χ1) is 10.9. The van der Waals surface area contributed by atoms with E-state index >= 15 is 0 Å². The van der Waals surface area contributed by atoms with E-state index in [1.54, 1.807) is 0 Å². The number of nitro groups is 1. The van der Waals surface area contributed by atoms with Gasteiger partial charge in [-0.2, -0.15) is 0 Å². The Bertz CT molecular complexity index is 678. The van der Waals surface area contributed by atoms with Crippen molar-refractivity contribution < 1.29 is 14.8 Å². The quantitative estimate of drug-likeness (QED) is 0.676. The van der Waals surface area contributed by atoms with Gasteiger partial charge in [0.15, 0.2) is 0 Å². The van der Waals surface area contributed by atoms with Gasteiger partial charge in [0.2, 0.25) is 6.54 Å². The highest BCUT2D eigenvalue weighted by molar-refractivity contribution is 5.67. The lowest BCUT2D eigenvalue weighted by molar-refractivity contribution is -0.488. The van der Waals surface area contributed by atoms with Crippen LogP contribution in [0.15, 0.2) is 17.7 Å². The molecule has 0 radical (unpaired) electrons. The molecule has 1 aromatic rings. The van der Waals surface area contributed by atoms with Crippen molar-refractivity contribution in [3.63, 3.8) is 0 Å². The SMILES string of the molecule is CC(C)(C)c1cc2c(c(C(C)(C)C)c1)OCC([C@H](O)C[N+](=O)[O-])=C2. The minimum absolute atomic E-state index is 0.0278. The number of aliphatic hydroxyl groups is 1. The largest absolute Gasteiger partial charge is 0.488 e. The van der Waals surface area contributed by atoms with Crippen molar-refractivity contribution in [1.82, 2.24) is 0 Å². The predicted molar refractivity (Wildman–Crippen MR) is 95.2 cm³/mol. The number of benzene rings is 1. The second kappa shape index (κ2) is 6.20. The standard InChI is InChI=1S/C19H27NO4/c1-18(2,3)14-8-12-7-13(16(21)10-20(22)23)11-24-17(12)15(9-14)19(4,5)6/h7-9,16,21H,10-11H2,1-6H3/t16-/m1/s1. The van der Waals surface area contributed by atoms with Gasteiger partial charge in [-0.05, 0) is 28.5 Å². The van der Waals surface area contributed by atoms with Crippen molar-refractivity contribution in [3.05, 3.63) is 44.5 Å². The van der Waals surface area contributed by atoms with Crippen LogP contribution in [0.4, 0.5) is 0 Å². The van der Waals surface area contributed by atoms with Crippen molar-refractivity contribution in [2.45, 2.75) is 58.5 Å². The van der Waals surface area contributed by atoms with Crippen molar-refractivity contribution >= 4 is 6.08 Å². The molecule has 1 aliphatic rings. The number of hydrogen-bond acceptors (Lipinski definition) is 4. The highest BCUT2D eigenvalue weighted by Gasteiger charge is 2.29. The Morgan fingerprint density at radius 2 is 1.83 bits per heavy atom. The van der Waals surface area contributed by atoms with E-state index in [0.717, 1.165) is 16.9 Å². The Kier molecular flexibility index (Phi) is 4.77. The van der Waals surface area contributed by atoms with Gasteiger partial charge in [0.1, 0.15) is 18.5 Å². The Labute approximate surface area is 143 Å². The van der Waals surface area contributed by atoms with E-state index in [2.05, 4.69) is 53.7 Å². The summed E-state index contributed by atoms with van der Waals surface area (Å²) in [7, 11) is 0. The van der Waals surface area contributed by atoms with E-state index in [1.165, 1.54) is 5.56 Å². The molecule has 0 fully saturated rings. The molecular formula is C19H27NO4. The van der Waals surface area contributed by atoms with Crippen LogP contribution in [0.1, 0.15) is 58.2 Å². The van der Waals surface area contributed by atoms with Crippen LogP contribution >= 0.6 is 0 Å². The summed E-state index contributed by atoms with van der Waals surface area (Å²) in [6.45, 7) is 12.5. The van der Waals surface area contributed by atoms with Gasteiger partial charge in [-0.25, -0.2) is 0 Å². The average molecular weight is 333 g/mol. The maximum Gasteiger partial charge on any atom is 0.233 e. The first kappa shape index (κ1) is 18.5. The smallest absolute Gasteiger partial charge is 0.233 e. The van der Waals surface area contributed by atoms with Crippen LogP contribution in [0.25, 0.3) is 6.08 Å². The monoisotopic (exact) mass is 333 g/mol. The van der Waals surface area contributed by atoms with E-state index in [4.69, 9.17) is 4.74 Å². The zero-order valence-electron chi connectivity index (χ0n) is 15.3. The molecule has 2 rings (SSSR count). The molecule has 5 heteroatoms. The number of hydrogen-bond donors (Lipinski definition) is 1. The molecule has 1 atom stereocenters. The fourth-order valence-electron chi connectivity index (χ4n) is 2.76. The topological polar surface area (TPSA) is 72.6 Å². The van der Waals surface area contributed by atoms with E-state index in [-0.39, 0.29) is 17.4 Å². The normalized spacial score (nSPS) is 16.0. The molecule has 0 spiro atoms. The fraction of sp³-hybridized carbons (Fsp3) is 0.579. The minimum Gasteiger partial charge on any atom is -0.488 e. The first-order valence-corrected chi connectivity index (χ1v) is 8.21. The van der Waals surface area contributed by atoms with Gasteiger partial charge < -0.3 is 9.84 Å². The lowest BCUT2D eigenvalue weighted by Gasteiger charge is -2.31. The van der Waals surface area contributed by atoms with Crippen LogP contribution in [0.3, 0.4) is 0 Å². The van der Waals surface area contributed by atoms with Gasteiger partial charge in [-0.1, -0.05) is 47.6 Å². The molecule has 0 saturated heterocycles. The third-order valence-corrected chi connectivity index (χ3v) is 4.27. The van der Waals surface area contributed by atoms with Gasteiger partial charge >= 0.3 is 0 Å². The third kappa shape index (κ3) is 3.96. The molecular weight excluding hydrogens is 306 g/mol. The second-order valence-electron chi connectivity index (χ2n) is 8.48. The maximum absolute atomic E-state index is 10.6. The lowest BCUT2D eigenvalue weighted by atomic mass is 9.78. The van der Waals surface area contributed by atoms with Gasteiger partial charge in [0, 0.05) is 21.6 Å². The first-order valence-electron chi connectivity index (χ1n) is 8.21. The third-order valence-electron chi connectivity index (χ3n) is 4.27. The van der Waals surface area contributed by atoms with Gasteiger partial charge in [0.05, 0.1) is 0 Å². The minimum atomic E-state index is -1.12. The molecule has 0 saturated carbocycles. The Morgan fingerprint density at radius 3 is 2.33 bits per heavy atom. The van der Waals surface area contributed by atoms with E-state index < -0.39 is 17.6 Å². The maximum atomic E-state index is 10.6. The number of nitrogens with zero attached hydrogens (tertiary/aromatic N) is 1. The van der Waals surface area contributed by atoms with Crippen molar-refractivity contribution in [2.24, 2.45) is 0 Å². The van der Waals surface area contributed by atoms with E-state index in [9.17, 15) is 15.2 Å². The number of ether oxygens (including phenoxy) is 1. The Balaban J connectivity index is 2.56. The van der Waals surface area contributed by atoms with Crippen LogP contribution in [0.5, 0.6) is 5.75 Å². The summed E-state index contributed by atoms with van der Waals surface area (Å²) < 4.78 is 5.91. The molecule has 0 amide bonds. The highest BCUT2D eigenvalue weighted by Crippen LogP contribution is 2.41. The van der Waals surface area contributed by atoms with Gasteiger partial charge in [-0.3, -0.25) is 10.1 Å². The van der Waals surface area contributed by atoms with Crippen LogP contribution in [-0.4, -0.2) is 29.3 Å². The fourth-order valence-corrected chi connectivity index (χ4v) is 2.76. The lowest BCUT2D eigenvalue weighted by Crippen LogP contribution is -2.27. The number of fused-ring (bicyclic) bond motifs is 1. The summed E-state index contributed by atoms with van der Waals surface area (Å²) in [6, 6.07) is 4.24. The van der Waals surface area contributed by atoms with E-state index in [0.29, 0.717) is 5.57 Å². The summed E-state index contributed by atoms with van der Waals surface area (Å²) in [4.78, 5) is 10.1. The van der Waals surface area contributed by atoms with Crippen molar-refractivity contribution in [3.8, 4) is 5.75 Å². The Hall–Kier alpha value is -1.88. The van der Waals surface area contributed by atoms with Crippen molar-refractivity contribution in [1.29, 1.82) is 0 Å². The molecule has 5 nitrogen and oxygen atoms in total. The molecule has 0 aromatic heterocycles. The summed E-state index contributed by atoms with van der Waals surface area (Å²) in [5.41, 5.74) is 3.61.